The van der Waals surface area contributed by atoms with Gasteiger partial charge in [0.1, 0.15) is 0 Å². The first-order valence-corrected chi connectivity index (χ1v) is 6.23. The fourth-order valence-corrected chi connectivity index (χ4v) is 1.77. The van der Waals surface area contributed by atoms with Crippen molar-refractivity contribution in [3.05, 3.63) is 48.3 Å². The molecule has 94 valence electrons. The molecule has 1 heterocycles. The summed E-state index contributed by atoms with van der Waals surface area (Å²) in [4.78, 5) is 11.3. The SMILES string of the molecule is O=C(CCCl)Nc1cnn(Cc2ccccc2)c1. The van der Waals surface area contributed by atoms with Crippen molar-refractivity contribution in [1.82, 2.24) is 9.78 Å². The molecule has 4 nitrogen and oxygen atoms in total. The van der Waals surface area contributed by atoms with E-state index in [-0.39, 0.29) is 5.91 Å². The molecule has 2 aromatic rings. The third kappa shape index (κ3) is 3.60. The first-order chi connectivity index (χ1) is 8.78. The molecule has 1 amide bonds. The van der Waals surface area contributed by atoms with Gasteiger partial charge in [-0.1, -0.05) is 30.3 Å². The van der Waals surface area contributed by atoms with Crippen LogP contribution in [-0.2, 0) is 11.3 Å². The number of carbonyl (C=O) groups excluding carboxylic acids is 1. The lowest BCUT2D eigenvalue weighted by atomic mass is 10.2. The monoisotopic (exact) mass is 263 g/mol. The van der Waals surface area contributed by atoms with Crippen LogP contribution in [0.5, 0.6) is 0 Å². The Bertz CT molecular complexity index is 510. The number of benzene rings is 1. The number of nitrogens with one attached hydrogen (secondary N) is 1. The molecule has 1 aromatic heterocycles. The molecule has 0 saturated heterocycles. The summed E-state index contributed by atoms with van der Waals surface area (Å²) >= 11 is 5.49. The maximum atomic E-state index is 11.3. The predicted octanol–water partition coefficient (Wildman–Crippen LogP) is 2.50. The molecule has 0 aliphatic carbocycles. The van der Waals surface area contributed by atoms with E-state index < -0.39 is 0 Å². The zero-order valence-corrected chi connectivity index (χ0v) is 10.6. The Hall–Kier alpha value is -1.81. The lowest BCUT2D eigenvalue weighted by molar-refractivity contribution is -0.115. The second kappa shape index (κ2) is 6.21. The topological polar surface area (TPSA) is 46.9 Å². The molecule has 0 unspecified atom stereocenters. The molecule has 0 atom stereocenters. The van der Waals surface area contributed by atoms with Crippen molar-refractivity contribution in [3.63, 3.8) is 0 Å². The minimum atomic E-state index is -0.0933. The van der Waals surface area contributed by atoms with Crippen molar-refractivity contribution < 1.29 is 4.79 Å². The number of alkyl halides is 1. The lowest BCUT2D eigenvalue weighted by Gasteiger charge is -2.01. The highest BCUT2D eigenvalue weighted by atomic mass is 35.5. The van der Waals surface area contributed by atoms with Crippen molar-refractivity contribution in [3.8, 4) is 0 Å². The zero-order valence-electron chi connectivity index (χ0n) is 9.84. The van der Waals surface area contributed by atoms with Crippen LogP contribution >= 0.6 is 11.6 Å². The number of halogens is 1. The van der Waals surface area contributed by atoms with Crippen LogP contribution in [0.4, 0.5) is 5.69 Å². The lowest BCUT2D eigenvalue weighted by Crippen LogP contribution is -2.11. The molecule has 1 N–H and O–H groups in total. The van der Waals surface area contributed by atoms with E-state index in [0.717, 1.165) is 0 Å². The van der Waals surface area contributed by atoms with Gasteiger partial charge in [0.05, 0.1) is 18.4 Å². The van der Waals surface area contributed by atoms with E-state index in [2.05, 4.69) is 10.4 Å². The number of anilines is 1. The number of amides is 1. The van der Waals surface area contributed by atoms with Crippen LogP contribution in [-0.4, -0.2) is 21.6 Å². The number of hydrogen-bond donors (Lipinski definition) is 1. The van der Waals surface area contributed by atoms with Crippen LogP contribution < -0.4 is 5.32 Å². The van der Waals surface area contributed by atoms with Crippen molar-refractivity contribution >= 4 is 23.2 Å². The van der Waals surface area contributed by atoms with E-state index >= 15 is 0 Å². The summed E-state index contributed by atoms with van der Waals surface area (Å²) in [5.74, 6) is 0.230. The van der Waals surface area contributed by atoms with Gasteiger partial charge >= 0.3 is 0 Å². The Morgan fingerprint density at radius 1 is 1.33 bits per heavy atom. The third-order valence-electron chi connectivity index (χ3n) is 2.43. The van der Waals surface area contributed by atoms with Gasteiger partial charge in [-0.2, -0.15) is 5.10 Å². The van der Waals surface area contributed by atoms with E-state index in [1.807, 2.05) is 30.3 Å². The molecule has 0 fully saturated rings. The average Bonchev–Trinajstić information content (AvgIpc) is 2.78. The summed E-state index contributed by atoms with van der Waals surface area (Å²) in [6.07, 6.45) is 3.75. The van der Waals surface area contributed by atoms with Gasteiger partial charge in [-0.15, -0.1) is 11.6 Å². The number of nitrogens with zero attached hydrogens (tertiary/aromatic N) is 2. The Balaban J connectivity index is 1.96. The second-order valence-electron chi connectivity index (χ2n) is 3.90. The summed E-state index contributed by atoms with van der Waals surface area (Å²) < 4.78 is 1.78. The molecule has 0 radical (unpaired) electrons. The summed E-state index contributed by atoms with van der Waals surface area (Å²) in [6.45, 7) is 0.687. The molecular formula is C13H14ClN3O. The van der Waals surface area contributed by atoms with E-state index in [1.165, 1.54) is 5.56 Å². The average molecular weight is 264 g/mol. The van der Waals surface area contributed by atoms with Crippen LogP contribution in [0.3, 0.4) is 0 Å². The van der Waals surface area contributed by atoms with Crippen LogP contribution in [0.1, 0.15) is 12.0 Å². The van der Waals surface area contributed by atoms with Gasteiger partial charge in [0.2, 0.25) is 5.91 Å². The molecule has 0 aliphatic heterocycles. The largest absolute Gasteiger partial charge is 0.323 e. The molecule has 5 heteroatoms. The summed E-state index contributed by atoms with van der Waals surface area (Å²) in [5.41, 5.74) is 1.86. The van der Waals surface area contributed by atoms with Crippen LogP contribution in [0.2, 0.25) is 0 Å². The quantitative estimate of drug-likeness (QED) is 0.843. The molecule has 18 heavy (non-hydrogen) atoms. The van der Waals surface area contributed by atoms with Crippen molar-refractivity contribution in [2.45, 2.75) is 13.0 Å². The maximum Gasteiger partial charge on any atom is 0.225 e. The van der Waals surface area contributed by atoms with Gasteiger partial charge in [-0.3, -0.25) is 9.48 Å². The predicted molar refractivity (Wildman–Crippen MR) is 71.7 cm³/mol. The van der Waals surface area contributed by atoms with Crippen molar-refractivity contribution in [1.29, 1.82) is 0 Å². The maximum absolute atomic E-state index is 11.3. The number of rotatable bonds is 5. The molecule has 0 saturated carbocycles. The van der Waals surface area contributed by atoms with Crippen molar-refractivity contribution in [2.24, 2.45) is 0 Å². The Morgan fingerprint density at radius 2 is 2.11 bits per heavy atom. The number of aromatic nitrogens is 2. The minimum Gasteiger partial charge on any atom is -0.323 e. The highest BCUT2D eigenvalue weighted by molar-refractivity contribution is 6.19. The van der Waals surface area contributed by atoms with Crippen LogP contribution in [0.25, 0.3) is 0 Å². The van der Waals surface area contributed by atoms with Gasteiger partial charge in [0, 0.05) is 18.5 Å². The molecule has 1 aromatic carbocycles. The van der Waals surface area contributed by atoms with Gasteiger partial charge < -0.3 is 5.32 Å². The first kappa shape index (κ1) is 12.6. The summed E-state index contributed by atoms with van der Waals surface area (Å²) in [5, 5.41) is 6.94. The standard InChI is InChI=1S/C13H14ClN3O/c14-7-6-13(18)16-12-8-15-17(10-12)9-11-4-2-1-3-5-11/h1-5,8,10H,6-7,9H2,(H,16,18). The van der Waals surface area contributed by atoms with Gasteiger partial charge in [-0.05, 0) is 5.56 Å². The van der Waals surface area contributed by atoms with E-state index in [0.29, 0.717) is 24.5 Å². The van der Waals surface area contributed by atoms with E-state index in [1.54, 1.807) is 17.1 Å². The van der Waals surface area contributed by atoms with E-state index in [9.17, 15) is 4.79 Å². The summed E-state index contributed by atoms with van der Waals surface area (Å²) in [6, 6.07) is 10.0. The number of carbonyl (C=O) groups is 1. The Labute approximate surface area is 111 Å². The van der Waals surface area contributed by atoms with Gasteiger partial charge in [0.25, 0.3) is 0 Å². The normalized spacial score (nSPS) is 10.3. The van der Waals surface area contributed by atoms with Crippen LogP contribution in [0.15, 0.2) is 42.7 Å². The highest BCUT2D eigenvalue weighted by Gasteiger charge is 2.04. The van der Waals surface area contributed by atoms with Gasteiger partial charge in [0.15, 0.2) is 0 Å². The van der Waals surface area contributed by atoms with E-state index in [4.69, 9.17) is 11.6 Å². The van der Waals surface area contributed by atoms with Crippen LogP contribution in [0, 0.1) is 0 Å². The Kier molecular flexibility index (Phi) is 4.36. The molecule has 2 rings (SSSR count). The summed E-state index contributed by atoms with van der Waals surface area (Å²) in [7, 11) is 0. The minimum absolute atomic E-state index is 0.0933. The second-order valence-corrected chi connectivity index (χ2v) is 4.28. The zero-order chi connectivity index (χ0) is 12.8. The number of hydrogen-bond acceptors (Lipinski definition) is 2. The molecule has 0 aliphatic rings. The third-order valence-corrected chi connectivity index (χ3v) is 2.61. The fraction of sp³-hybridized carbons (Fsp3) is 0.231. The molecule has 0 spiro atoms. The smallest absolute Gasteiger partial charge is 0.225 e. The van der Waals surface area contributed by atoms with Gasteiger partial charge in [-0.25, -0.2) is 0 Å². The molecular weight excluding hydrogens is 250 g/mol. The fourth-order valence-electron chi connectivity index (χ4n) is 1.59. The Morgan fingerprint density at radius 3 is 2.83 bits per heavy atom. The highest BCUT2D eigenvalue weighted by Crippen LogP contribution is 2.08. The van der Waals surface area contributed by atoms with Crippen molar-refractivity contribution in [2.75, 3.05) is 11.2 Å². The first-order valence-electron chi connectivity index (χ1n) is 5.70. The molecule has 0 bridgehead atoms.